The van der Waals surface area contributed by atoms with E-state index in [1.165, 1.54) is 0 Å². The van der Waals surface area contributed by atoms with Gasteiger partial charge in [0.05, 0.1) is 0 Å². The number of alkyl halides is 9. The summed E-state index contributed by atoms with van der Waals surface area (Å²) >= 11 is 3.51. The molecule has 0 aromatic rings. The third-order valence-corrected chi connectivity index (χ3v) is 1.64. The maximum atomic E-state index is 12.2. The smallest absolute Gasteiger partial charge is 0.544 e. The zero-order chi connectivity index (χ0) is 13.6. The summed E-state index contributed by atoms with van der Waals surface area (Å²) in [6.45, 7) is 0. The van der Waals surface area contributed by atoms with Crippen LogP contribution in [0.3, 0.4) is 0 Å². The Morgan fingerprint density at radius 3 is 1.35 bits per heavy atom. The molecule has 0 atom stereocenters. The summed E-state index contributed by atoms with van der Waals surface area (Å²) in [5.74, 6) is -24.1. The summed E-state index contributed by atoms with van der Waals surface area (Å²) in [5.41, 5.74) is 0. The van der Waals surface area contributed by atoms with E-state index in [2.05, 4.69) is 11.6 Å². The summed E-state index contributed by atoms with van der Waals surface area (Å²) in [7, 11) is 0. The molecule has 0 amide bonds. The molecule has 0 unspecified atom stereocenters. The van der Waals surface area contributed by atoms with Crippen LogP contribution >= 0.6 is 11.6 Å². The van der Waals surface area contributed by atoms with Gasteiger partial charge in [0, 0.05) is 0 Å². The Kier molecular flexibility index (Phi) is 5.81. The zero-order valence-electron chi connectivity index (χ0n) is 7.72. The van der Waals surface area contributed by atoms with Gasteiger partial charge in [0.1, 0.15) is 5.97 Å². The number of carbonyl (C=O) groups excluding carboxylic acids is 1. The number of rotatable bonds is 4. The van der Waals surface area contributed by atoms with E-state index >= 15 is 0 Å². The maximum absolute atomic E-state index is 12.2. The number of halogens is 9. The van der Waals surface area contributed by atoms with Crippen LogP contribution in [0, 0.1) is 0 Å². The van der Waals surface area contributed by atoms with E-state index in [1.807, 2.05) is 0 Å². The number of carbonyl (C=O) groups is 1. The van der Waals surface area contributed by atoms with Gasteiger partial charge in [0.25, 0.3) is 0 Å². The minimum atomic E-state index is -6.91. The van der Waals surface area contributed by atoms with Crippen molar-refractivity contribution < 1.29 is 74.6 Å². The summed E-state index contributed by atoms with van der Waals surface area (Å²) in [6.07, 6.45) is 0. The summed E-state index contributed by atoms with van der Waals surface area (Å²) < 4.78 is 96.5. The molecule has 0 aliphatic heterocycles. The van der Waals surface area contributed by atoms with Crippen molar-refractivity contribution in [3.63, 3.8) is 0 Å². The van der Waals surface area contributed by atoms with Crippen LogP contribution in [-0.2, 0) is 4.79 Å². The van der Waals surface area contributed by atoms with Crippen LogP contribution in [0.15, 0.2) is 0 Å². The Labute approximate surface area is 115 Å². The van der Waals surface area contributed by atoms with Gasteiger partial charge in [0.15, 0.2) is 0 Å². The number of carboxylic acid groups (broad SMARTS) is 1. The summed E-state index contributed by atoms with van der Waals surface area (Å²) in [5, 5.41) is 3.42. The van der Waals surface area contributed by atoms with Crippen LogP contribution in [0.5, 0.6) is 0 Å². The number of aliphatic carboxylic acids is 1. The molecule has 12 heteroatoms. The second-order valence-corrected chi connectivity index (χ2v) is 2.98. The average Bonchev–Trinajstić information content (AvgIpc) is 2.00. The standard InChI is InChI=1S/C5HClF8O2.Na/c6-5(13,14)4(11,12)3(9,10)2(7,8)1(15)16;/h(H,15,16);/q;+1/p-1. The van der Waals surface area contributed by atoms with E-state index in [4.69, 9.17) is 0 Å². The molecule has 0 saturated carbocycles. The molecule has 0 aliphatic carbocycles. The molecule has 0 rings (SSSR count). The second kappa shape index (κ2) is 5.06. The molecule has 0 fully saturated rings. The molecule has 0 N–H and O–H groups in total. The fourth-order valence-corrected chi connectivity index (χ4v) is 0.622. The monoisotopic (exact) mass is 302 g/mol. The molecule has 0 aromatic heterocycles. The van der Waals surface area contributed by atoms with Crippen LogP contribution in [-0.4, -0.2) is 29.1 Å². The van der Waals surface area contributed by atoms with Crippen molar-refractivity contribution >= 4 is 17.6 Å². The van der Waals surface area contributed by atoms with Crippen molar-refractivity contribution in [2.24, 2.45) is 0 Å². The minimum absolute atomic E-state index is 0. The first-order valence-corrected chi connectivity index (χ1v) is 3.49. The average molecular weight is 302 g/mol. The number of hydrogen-bond donors (Lipinski definition) is 0. The summed E-state index contributed by atoms with van der Waals surface area (Å²) in [6, 6.07) is 0. The predicted molar refractivity (Wildman–Crippen MR) is 30.6 cm³/mol. The van der Waals surface area contributed by atoms with E-state index in [9.17, 15) is 45.0 Å². The van der Waals surface area contributed by atoms with Gasteiger partial charge < -0.3 is 9.90 Å². The van der Waals surface area contributed by atoms with Gasteiger partial charge in [0.2, 0.25) is 0 Å². The molecule has 0 bridgehead atoms. The van der Waals surface area contributed by atoms with Crippen LogP contribution in [0.4, 0.5) is 35.1 Å². The van der Waals surface area contributed by atoms with Gasteiger partial charge in [-0.2, -0.15) is 35.1 Å². The normalized spacial score (nSPS) is 14.2. The fourth-order valence-electron chi connectivity index (χ4n) is 0.503. The third kappa shape index (κ3) is 2.96. The number of hydrogen-bond acceptors (Lipinski definition) is 2. The molecule has 17 heavy (non-hydrogen) atoms. The molecular weight excluding hydrogens is 302 g/mol. The van der Waals surface area contributed by atoms with E-state index in [0.29, 0.717) is 0 Å². The van der Waals surface area contributed by atoms with Gasteiger partial charge in [-0.05, 0) is 11.6 Å². The van der Waals surface area contributed by atoms with E-state index in [1.54, 1.807) is 0 Å². The largest absolute Gasteiger partial charge is 1.00 e. The Hall–Kier alpha value is 0.200. The van der Waals surface area contributed by atoms with Crippen LogP contribution in [0.25, 0.3) is 0 Å². The molecule has 0 spiro atoms. The Balaban J connectivity index is 0. The van der Waals surface area contributed by atoms with Crippen molar-refractivity contribution in [2.75, 3.05) is 0 Å². The van der Waals surface area contributed by atoms with Crippen LogP contribution < -0.4 is 34.7 Å². The molecular formula is C5ClF8NaO2. The first kappa shape index (κ1) is 19.5. The Morgan fingerprint density at radius 1 is 0.882 bits per heavy atom. The third-order valence-electron chi connectivity index (χ3n) is 1.40. The van der Waals surface area contributed by atoms with Gasteiger partial charge in [-0.3, -0.25) is 0 Å². The number of carboxylic acids is 1. The molecule has 0 radical (unpaired) electrons. The Morgan fingerprint density at radius 2 is 1.18 bits per heavy atom. The summed E-state index contributed by atoms with van der Waals surface area (Å²) in [4.78, 5) is 9.48. The predicted octanol–water partition coefficient (Wildman–Crippen LogP) is -1.52. The SMILES string of the molecule is O=C([O-])C(F)(F)C(F)(F)C(F)(F)C(F)(F)Cl.[Na+]. The fraction of sp³-hybridized carbons (Fsp3) is 0.800. The first-order chi connectivity index (χ1) is 6.69. The molecule has 96 valence electrons. The Bertz CT molecular complexity index is 301. The first-order valence-electron chi connectivity index (χ1n) is 3.11. The molecule has 0 heterocycles. The van der Waals surface area contributed by atoms with E-state index < -0.39 is 29.1 Å². The van der Waals surface area contributed by atoms with Crippen molar-refractivity contribution in [2.45, 2.75) is 23.1 Å². The quantitative estimate of drug-likeness (QED) is 0.359. The van der Waals surface area contributed by atoms with Crippen LogP contribution in [0.2, 0.25) is 0 Å². The van der Waals surface area contributed by atoms with E-state index in [-0.39, 0.29) is 29.6 Å². The van der Waals surface area contributed by atoms with Gasteiger partial charge in [-0.25, -0.2) is 0 Å². The van der Waals surface area contributed by atoms with Gasteiger partial charge in [-0.15, -0.1) is 0 Å². The maximum Gasteiger partial charge on any atom is 1.00 e. The molecule has 0 aromatic carbocycles. The second-order valence-electron chi connectivity index (χ2n) is 2.51. The van der Waals surface area contributed by atoms with Gasteiger partial charge >= 0.3 is 52.7 Å². The van der Waals surface area contributed by atoms with Crippen molar-refractivity contribution in [3.8, 4) is 0 Å². The molecule has 0 saturated heterocycles. The zero-order valence-corrected chi connectivity index (χ0v) is 10.5. The van der Waals surface area contributed by atoms with Crippen molar-refractivity contribution in [1.82, 2.24) is 0 Å². The van der Waals surface area contributed by atoms with E-state index in [0.717, 1.165) is 0 Å². The van der Waals surface area contributed by atoms with Crippen molar-refractivity contribution in [3.05, 3.63) is 0 Å². The van der Waals surface area contributed by atoms with Crippen LogP contribution in [0.1, 0.15) is 0 Å². The van der Waals surface area contributed by atoms with Gasteiger partial charge in [-0.1, -0.05) is 0 Å². The van der Waals surface area contributed by atoms with Crippen molar-refractivity contribution in [1.29, 1.82) is 0 Å². The minimum Gasteiger partial charge on any atom is -0.544 e. The topological polar surface area (TPSA) is 40.1 Å². The molecule has 0 aliphatic rings. The molecule has 2 nitrogen and oxygen atoms in total.